The lowest BCUT2D eigenvalue weighted by Crippen LogP contribution is -2.44. The number of nitrogens with two attached hydrogens (primary N) is 1. The normalized spacial score (nSPS) is 40.2. The van der Waals surface area contributed by atoms with E-state index in [2.05, 4.69) is 6.92 Å². The van der Waals surface area contributed by atoms with Gasteiger partial charge in [-0.25, -0.2) is 4.98 Å². The summed E-state index contributed by atoms with van der Waals surface area (Å²) >= 11 is 0. The zero-order valence-corrected chi connectivity index (χ0v) is 12.6. The van der Waals surface area contributed by atoms with Crippen molar-refractivity contribution in [3.63, 3.8) is 0 Å². The molecule has 0 radical (unpaired) electrons. The molecule has 1 aromatic rings. The first-order valence-electron chi connectivity index (χ1n) is 8.26. The van der Waals surface area contributed by atoms with Crippen LogP contribution in [0.25, 0.3) is 0 Å². The summed E-state index contributed by atoms with van der Waals surface area (Å²) in [6.07, 6.45) is 7.22. The molecular weight excluding hydrogens is 248 g/mol. The third-order valence-corrected chi connectivity index (χ3v) is 6.13. The molecule has 1 heterocycles. The molecule has 0 aromatic carbocycles. The first-order chi connectivity index (χ1) is 9.65. The minimum absolute atomic E-state index is 0.304. The molecule has 20 heavy (non-hydrogen) atoms. The Labute approximate surface area is 121 Å². The zero-order valence-electron chi connectivity index (χ0n) is 12.6. The van der Waals surface area contributed by atoms with Gasteiger partial charge in [-0.2, -0.15) is 5.10 Å². The van der Waals surface area contributed by atoms with Crippen LogP contribution in [0.2, 0.25) is 0 Å². The maximum absolute atomic E-state index is 5.80. The maximum atomic E-state index is 5.80. The van der Waals surface area contributed by atoms with Gasteiger partial charge in [0.2, 0.25) is 0 Å². The summed E-state index contributed by atoms with van der Waals surface area (Å²) in [7, 11) is 2.02. The van der Waals surface area contributed by atoms with Gasteiger partial charge in [-0.05, 0) is 55.8 Å². The third-order valence-electron chi connectivity index (χ3n) is 6.13. The maximum Gasteiger partial charge on any atom is 0.154 e. The zero-order chi connectivity index (χ0) is 13.9. The van der Waals surface area contributed by atoms with Crippen LogP contribution in [-0.2, 0) is 7.05 Å². The van der Waals surface area contributed by atoms with Crippen molar-refractivity contribution in [2.45, 2.75) is 50.9 Å². The molecule has 4 aliphatic carbocycles. The predicted molar refractivity (Wildman–Crippen MR) is 78.3 cm³/mol. The molecule has 2 N–H and O–H groups in total. The highest BCUT2D eigenvalue weighted by atomic mass is 15.3. The second-order valence-corrected chi connectivity index (χ2v) is 7.55. The molecule has 4 heteroatoms. The van der Waals surface area contributed by atoms with Gasteiger partial charge < -0.3 is 5.73 Å². The minimum Gasteiger partial charge on any atom is -0.330 e. The molecule has 110 valence electrons. The lowest BCUT2D eigenvalue weighted by atomic mass is 9.52. The topological polar surface area (TPSA) is 56.7 Å². The Kier molecular flexibility index (Phi) is 2.92. The molecule has 0 amide bonds. The molecule has 0 aliphatic heterocycles. The van der Waals surface area contributed by atoms with Gasteiger partial charge in [-0.1, -0.05) is 6.92 Å². The van der Waals surface area contributed by atoms with Crippen LogP contribution in [0.5, 0.6) is 0 Å². The van der Waals surface area contributed by atoms with E-state index in [0.717, 1.165) is 35.3 Å². The van der Waals surface area contributed by atoms with Gasteiger partial charge in [0.1, 0.15) is 5.82 Å². The summed E-state index contributed by atoms with van der Waals surface area (Å²) in [5, 5.41) is 4.78. The van der Waals surface area contributed by atoms with Crippen LogP contribution >= 0.6 is 0 Å². The van der Waals surface area contributed by atoms with Gasteiger partial charge in [-0.15, -0.1) is 0 Å². The number of aryl methyl sites for hydroxylation is 1. The van der Waals surface area contributed by atoms with Crippen LogP contribution in [0, 0.1) is 23.7 Å². The minimum atomic E-state index is 0.304. The highest BCUT2D eigenvalue weighted by Gasteiger charge is 2.50. The highest BCUT2D eigenvalue weighted by Crippen LogP contribution is 2.59. The van der Waals surface area contributed by atoms with Crippen LogP contribution in [0.3, 0.4) is 0 Å². The van der Waals surface area contributed by atoms with Gasteiger partial charge in [0.15, 0.2) is 5.82 Å². The van der Waals surface area contributed by atoms with Gasteiger partial charge in [0.25, 0.3) is 0 Å². The van der Waals surface area contributed by atoms with Gasteiger partial charge in [0.05, 0.1) is 0 Å². The number of nitrogens with zero attached hydrogens (tertiary/aromatic N) is 3. The lowest BCUT2D eigenvalue weighted by molar-refractivity contribution is -0.00567. The van der Waals surface area contributed by atoms with Crippen LogP contribution in [0.4, 0.5) is 0 Å². The van der Waals surface area contributed by atoms with Crippen molar-refractivity contribution in [3.8, 4) is 0 Å². The molecule has 5 rings (SSSR count). The molecular formula is C16H26N4. The molecule has 1 aromatic heterocycles. The van der Waals surface area contributed by atoms with Crippen LogP contribution in [0.1, 0.15) is 62.5 Å². The summed E-state index contributed by atoms with van der Waals surface area (Å²) in [6, 6.07) is 0. The number of hydrogen-bond donors (Lipinski definition) is 1. The SMILES string of the molecule is CC(CN)c1nc(C2C3CC4CC(C3)CC2C4)nn1C. The van der Waals surface area contributed by atoms with E-state index in [-0.39, 0.29) is 0 Å². The Hall–Kier alpha value is -0.900. The number of aromatic nitrogens is 3. The number of hydrogen-bond acceptors (Lipinski definition) is 3. The summed E-state index contributed by atoms with van der Waals surface area (Å²) in [5.41, 5.74) is 5.80. The van der Waals surface area contributed by atoms with E-state index in [9.17, 15) is 0 Å². The summed E-state index contributed by atoms with van der Waals surface area (Å²) in [6.45, 7) is 2.79. The predicted octanol–water partition coefficient (Wildman–Crippen LogP) is 2.42. The van der Waals surface area contributed by atoms with Crippen molar-refractivity contribution in [1.82, 2.24) is 14.8 Å². The second kappa shape index (κ2) is 4.55. The first-order valence-corrected chi connectivity index (χ1v) is 8.26. The molecule has 0 saturated heterocycles. The van der Waals surface area contributed by atoms with E-state index in [1.54, 1.807) is 0 Å². The molecule has 4 aliphatic rings. The van der Waals surface area contributed by atoms with Crippen molar-refractivity contribution >= 4 is 0 Å². The van der Waals surface area contributed by atoms with Crippen molar-refractivity contribution < 1.29 is 0 Å². The summed E-state index contributed by atoms with van der Waals surface area (Å²) < 4.78 is 1.97. The van der Waals surface area contributed by atoms with Crippen LogP contribution in [-0.4, -0.2) is 21.3 Å². The highest BCUT2D eigenvalue weighted by molar-refractivity contribution is 5.12. The average Bonchev–Trinajstić information content (AvgIpc) is 2.78. The van der Waals surface area contributed by atoms with E-state index >= 15 is 0 Å². The van der Waals surface area contributed by atoms with Crippen LogP contribution < -0.4 is 5.73 Å². The molecule has 4 nitrogen and oxygen atoms in total. The Morgan fingerprint density at radius 3 is 2.30 bits per heavy atom. The molecule has 0 spiro atoms. The van der Waals surface area contributed by atoms with E-state index in [1.165, 1.54) is 32.1 Å². The van der Waals surface area contributed by atoms with E-state index in [4.69, 9.17) is 15.8 Å². The fraction of sp³-hybridized carbons (Fsp3) is 0.875. The van der Waals surface area contributed by atoms with Gasteiger partial charge >= 0.3 is 0 Å². The largest absolute Gasteiger partial charge is 0.330 e. The molecule has 4 saturated carbocycles. The summed E-state index contributed by atoms with van der Waals surface area (Å²) in [4.78, 5) is 4.90. The van der Waals surface area contributed by atoms with Crippen molar-refractivity contribution in [2.24, 2.45) is 36.5 Å². The average molecular weight is 274 g/mol. The quantitative estimate of drug-likeness (QED) is 0.921. The van der Waals surface area contributed by atoms with E-state index in [0.29, 0.717) is 18.4 Å². The molecule has 4 fully saturated rings. The van der Waals surface area contributed by atoms with Gasteiger partial charge in [0, 0.05) is 25.4 Å². The Bertz CT molecular complexity index is 479. The molecule has 1 unspecified atom stereocenters. The van der Waals surface area contributed by atoms with Crippen molar-refractivity contribution in [1.29, 1.82) is 0 Å². The third kappa shape index (κ3) is 1.84. The smallest absolute Gasteiger partial charge is 0.154 e. The number of rotatable bonds is 3. The van der Waals surface area contributed by atoms with E-state index in [1.807, 2.05) is 11.7 Å². The van der Waals surface area contributed by atoms with Crippen molar-refractivity contribution in [2.75, 3.05) is 6.54 Å². The van der Waals surface area contributed by atoms with Crippen molar-refractivity contribution in [3.05, 3.63) is 11.6 Å². The fourth-order valence-corrected chi connectivity index (χ4v) is 5.44. The second-order valence-electron chi connectivity index (χ2n) is 7.55. The Morgan fingerprint density at radius 1 is 1.15 bits per heavy atom. The van der Waals surface area contributed by atoms with Gasteiger partial charge in [-0.3, -0.25) is 4.68 Å². The van der Waals surface area contributed by atoms with E-state index < -0.39 is 0 Å². The lowest BCUT2D eigenvalue weighted by Gasteiger charge is -2.53. The molecule has 4 bridgehead atoms. The summed E-state index contributed by atoms with van der Waals surface area (Å²) in [5.74, 6) is 6.86. The first kappa shape index (κ1) is 12.8. The standard InChI is InChI=1S/C16H26N4/c1-9(8-17)16-18-15(19-20(16)2)14-12-4-10-3-11(6-12)7-13(14)5-10/h9-14H,3-8,17H2,1-2H3. The Morgan fingerprint density at radius 2 is 1.75 bits per heavy atom. The Balaban J connectivity index is 1.64. The fourth-order valence-electron chi connectivity index (χ4n) is 5.44. The monoisotopic (exact) mass is 274 g/mol. The van der Waals surface area contributed by atoms with Crippen LogP contribution in [0.15, 0.2) is 0 Å². The molecule has 1 atom stereocenters.